The van der Waals surface area contributed by atoms with E-state index >= 15 is 0 Å². The number of carbonyl (C=O) groups is 1. The molecular formula is C13H20N4O2. The Hall–Kier alpha value is -2.24. The maximum Gasteiger partial charge on any atom is 0.319 e. The first kappa shape index (κ1) is 14.8. The zero-order valence-electron chi connectivity index (χ0n) is 11.0. The molecular weight excluding hydrogens is 244 g/mol. The van der Waals surface area contributed by atoms with Gasteiger partial charge >= 0.3 is 6.03 Å². The number of amidine groups is 1. The SMILES string of the molecule is COc1ccccc1NC(=O)NCCCCC(=N)N. The highest BCUT2D eigenvalue weighted by Crippen LogP contribution is 2.22. The molecule has 0 spiro atoms. The van der Waals surface area contributed by atoms with E-state index in [1.54, 1.807) is 19.2 Å². The van der Waals surface area contributed by atoms with Crippen molar-refractivity contribution in [2.45, 2.75) is 19.3 Å². The summed E-state index contributed by atoms with van der Waals surface area (Å²) in [4.78, 5) is 11.6. The van der Waals surface area contributed by atoms with Crippen LogP contribution >= 0.6 is 0 Å². The molecule has 0 aliphatic carbocycles. The molecule has 0 saturated heterocycles. The van der Waals surface area contributed by atoms with Crippen molar-refractivity contribution in [1.82, 2.24) is 5.32 Å². The van der Waals surface area contributed by atoms with Crippen LogP contribution in [0.4, 0.5) is 10.5 Å². The topological polar surface area (TPSA) is 100 Å². The van der Waals surface area contributed by atoms with Gasteiger partial charge in [-0.2, -0.15) is 0 Å². The van der Waals surface area contributed by atoms with Gasteiger partial charge in [0.25, 0.3) is 0 Å². The Morgan fingerprint density at radius 3 is 2.79 bits per heavy atom. The monoisotopic (exact) mass is 264 g/mol. The molecule has 2 amide bonds. The third-order valence-corrected chi connectivity index (χ3v) is 2.51. The molecule has 19 heavy (non-hydrogen) atoms. The average Bonchev–Trinajstić information content (AvgIpc) is 2.38. The number of para-hydroxylation sites is 2. The van der Waals surface area contributed by atoms with Gasteiger partial charge in [-0.3, -0.25) is 5.41 Å². The first-order valence-corrected chi connectivity index (χ1v) is 6.14. The zero-order valence-corrected chi connectivity index (χ0v) is 11.0. The first-order chi connectivity index (χ1) is 9.13. The number of nitrogens with two attached hydrogens (primary N) is 1. The lowest BCUT2D eigenvalue weighted by Gasteiger charge is -2.10. The van der Waals surface area contributed by atoms with Crippen molar-refractivity contribution in [3.63, 3.8) is 0 Å². The molecule has 0 unspecified atom stereocenters. The van der Waals surface area contributed by atoms with E-state index in [4.69, 9.17) is 15.9 Å². The van der Waals surface area contributed by atoms with Gasteiger partial charge in [0.1, 0.15) is 5.75 Å². The van der Waals surface area contributed by atoms with Gasteiger partial charge in [0.2, 0.25) is 0 Å². The maximum absolute atomic E-state index is 11.6. The summed E-state index contributed by atoms with van der Waals surface area (Å²) in [7, 11) is 1.56. The molecule has 6 nitrogen and oxygen atoms in total. The molecule has 104 valence electrons. The summed E-state index contributed by atoms with van der Waals surface area (Å²) in [6.45, 7) is 0.550. The number of nitrogens with one attached hydrogen (secondary N) is 3. The molecule has 0 aromatic heterocycles. The summed E-state index contributed by atoms with van der Waals surface area (Å²) >= 11 is 0. The van der Waals surface area contributed by atoms with Crippen molar-refractivity contribution >= 4 is 17.6 Å². The minimum Gasteiger partial charge on any atom is -0.495 e. The Labute approximate surface area is 112 Å². The standard InChI is InChI=1S/C13H20N4O2/c1-19-11-7-3-2-6-10(11)17-13(18)16-9-5-4-8-12(14)15/h2-3,6-7H,4-5,8-9H2,1H3,(H3,14,15)(H2,16,17,18). The molecule has 6 heteroatoms. The maximum atomic E-state index is 11.6. The highest BCUT2D eigenvalue weighted by atomic mass is 16.5. The van der Waals surface area contributed by atoms with Crippen molar-refractivity contribution in [2.24, 2.45) is 5.73 Å². The second-order valence-corrected chi connectivity index (χ2v) is 4.06. The Morgan fingerprint density at radius 2 is 2.11 bits per heavy atom. The van der Waals surface area contributed by atoms with E-state index in [0.717, 1.165) is 12.8 Å². The Kier molecular flexibility index (Phi) is 6.21. The molecule has 5 N–H and O–H groups in total. The van der Waals surface area contributed by atoms with Crippen molar-refractivity contribution in [2.75, 3.05) is 19.0 Å². The number of hydrogen-bond acceptors (Lipinski definition) is 3. The number of anilines is 1. The number of hydrogen-bond donors (Lipinski definition) is 4. The van der Waals surface area contributed by atoms with E-state index in [1.165, 1.54) is 0 Å². The van der Waals surface area contributed by atoms with Gasteiger partial charge < -0.3 is 21.1 Å². The van der Waals surface area contributed by atoms with Crippen LogP contribution in [0.25, 0.3) is 0 Å². The summed E-state index contributed by atoms with van der Waals surface area (Å²) < 4.78 is 5.14. The zero-order chi connectivity index (χ0) is 14.1. The van der Waals surface area contributed by atoms with Crippen LogP contribution in [0.1, 0.15) is 19.3 Å². The van der Waals surface area contributed by atoms with Gasteiger partial charge in [-0.05, 0) is 25.0 Å². The number of unbranched alkanes of at least 4 members (excludes halogenated alkanes) is 1. The fourth-order valence-electron chi connectivity index (χ4n) is 1.56. The van der Waals surface area contributed by atoms with Crippen LogP contribution in [-0.4, -0.2) is 25.5 Å². The Balaban J connectivity index is 2.29. The van der Waals surface area contributed by atoms with Gasteiger partial charge in [-0.15, -0.1) is 0 Å². The predicted octanol–water partition coefficient (Wildman–Crippen LogP) is 1.92. The van der Waals surface area contributed by atoms with Crippen LogP contribution in [0, 0.1) is 5.41 Å². The summed E-state index contributed by atoms with van der Waals surface area (Å²) in [5.74, 6) is 0.799. The first-order valence-electron chi connectivity index (χ1n) is 6.14. The summed E-state index contributed by atoms with van der Waals surface area (Å²) in [5.41, 5.74) is 5.87. The fraction of sp³-hybridized carbons (Fsp3) is 0.385. The van der Waals surface area contributed by atoms with Gasteiger partial charge in [0.05, 0.1) is 18.6 Å². The molecule has 0 aliphatic rings. The molecule has 0 saturated carbocycles. The number of carbonyl (C=O) groups excluding carboxylic acids is 1. The fourth-order valence-corrected chi connectivity index (χ4v) is 1.56. The quantitative estimate of drug-likeness (QED) is 0.344. The van der Waals surface area contributed by atoms with Crippen molar-refractivity contribution in [1.29, 1.82) is 5.41 Å². The smallest absolute Gasteiger partial charge is 0.319 e. The van der Waals surface area contributed by atoms with Crippen LogP contribution < -0.4 is 21.1 Å². The number of methoxy groups -OCH3 is 1. The summed E-state index contributed by atoms with van der Waals surface area (Å²) in [5, 5.41) is 12.5. The lowest BCUT2D eigenvalue weighted by molar-refractivity contribution is 0.252. The molecule has 1 aromatic carbocycles. The van der Waals surface area contributed by atoms with E-state index in [1.807, 2.05) is 12.1 Å². The van der Waals surface area contributed by atoms with E-state index < -0.39 is 0 Å². The minimum absolute atomic E-state index is 0.179. The molecule has 1 rings (SSSR count). The predicted molar refractivity (Wildman–Crippen MR) is 75.8 cm³/mol. The molecule has 0 heterocycles. The third-order valence-electron chi connectivity index (χ3n) is 2.51. The lowest BCUT2D eigenvalue weighted by Crippen LogP contribution is -2.29. The van der Waals surface area contributed by atoms with Crippen molar-refractivity contribution in [3.8, 4) is 5.75 Å². The number of ether oxygens (including phenoxy) is 1. The van der Waals surface area contributed by atoms with E-state index in [9.17, 15) is 4.79 Å². The summed E-state index contributed by atoms with van der Waals surface area (Å²) in [6, 6.07) is 6.94. The van der Waals surface area contributed by atoms with E-state index in [-0.39, 0.29) is 11.9 Å². The van der Waals surface area contributed by atoms with Crippen LogP contribution in [0.3, 0.4) is 0 Å². The second-order valence-electron chi connectivity index (χ2n) is 4.06. The van der Waals surface area contributed by atoms with Crippen LogP contribution in [-0.2, 0) is 0 Å². The number of rotatable bonds is 7. The van der Waals surface area contributed by atoms with Gasteiger partial charge in [0, 0.05) is 13.0 Å². The van der Waals surface area contributed by atoms with Gasteiger partial charge in [-0.1, -0.05) is 12.1 Å². The molecule has 1 aromatic rings. The lowest BCUT2D eigenvalue weighted by atomic mass is 10.2. The summed E-state index contributed by atoms with van der Waals surface area (Å²) in [6.07, 6.45) is 2.15. The molecule has 0 atom stereocenters. The number of urea groups is 1. The number of amides is 2. The van der Waals surface area contributed by atoms with E-state index in [0.29, 0.717) is 24.4 Å². The second kappa shape index (κ2) is 7.97. The normalized spacial score (nSPS) is 9.74. The molecule has 0 radical (unpaired) electrons. The third kappa shape index (κ3) is 5.76. The van der Waals surface area contributed by atoms with Crippen LogP contribution in [0.15, 0.2) is 24.3 Å². The molecule has 0 bridgehead atoms. The van der Waals surface area contributed by atoms with Crippen molar-refractivity contribution < 1.29 is 9.53 Å². The largest absolute Gasteiger partial charge is 0.495 e. The average molecular weight is 264 g/mol. The molecule has 0 fully saturated rings. The minimum atomic E-state index is -0.271. The van der Waals surface area contributed by atoms with Crippen LogP contribution in [0.2, 0.25) is 0 Å². The highest BCUT2D eigenvalue weighted by molar-refractivity contribution is 5.90. The Bertz CT molecular complexity index is 434. The van der Waals surface area contributed by atoms with Crippen LogP contribution in [0.5, 0.6) is 5.75 Å². The molecule has 0 aliphatic heterocycles. The van der Waals surface area contributed by atoms with E-state index in [2.05, 4.69) is 10.6 Å². The number of benzene rings is 1. The van der Waals surface area contributed by atoms with Crippen molar-refractivity contribution in [3.05, 3.63) is 24.3 Å². The highest BCUT2D eigenvalue weighted by Gasteiger charge is 2.05. The van der Waals surface area contributed by atoms with Gasteiger partial charge in [-0.25, -0.2) is 4.79 Å². The Morgan fingerprint density at radius 1 is 1.37 bits per heavy atom. The van der Waals surface area contributed by atoms with Gasteiger partial charge in [0.15, 0.2) is 0 Å².